The van der Waals surface area contributed by atoms with Gasteiger partial charge in [-0.1, -0.05) is 5.16 Å². The molecule has 0 saturated carbocycles. The fourth-order valence-electron chi connectivity index (χ4n) is 2.87. The van der Waals surface area contributed by atoms with Gasteiger partial charge in [0.1, 0.15) is 29.9 Å². The van der Waals surface area contributed by atoms with Gasteiger partial charge in [-0.05, 0) is 5.57 Å². The minimum absolute atomic E-state index is 0. The number of methoxy groups -OCH3 is 1. The molecule has 1 aromatic heterocycles. The Morgan fingerprint density at radius 3 is 2.79 bits per heavy atom. The molecule has 0 bridgehead atoms. The minimum Gasteiger partial charge on any atom is -1.00 e. The van der Waals surface area contributed by atoms with E-state index >= 15 is 0 Å². The van der Waals surface area contributed by atoms with Gasteiger partial charge in [-0.2, -0.15) is 0 Å². The number of thiazole rings is 1. The van der Waals surface area contributed by atoms with E-state index in [1.54, 1.807) is 5.38 Å². The molecule has 0 spiro atoms. The Kier molecular flexibility index (Phi) is 8.31. The van der Waals surface area contributed by atoms with Crippen LogP contribution in [0.1, 0.15) is 8.55 Å². The number of β-lactam (4-membered cyclic amide) rings is 1. The van der Waals surface area contributed by atoms with Crippen molar-refractivity contribution in [3.63, 3.8) is 0 Å². The van der Waals surface area contributed by atoms with Crippen LogP contribution in [0.25, 0.3) is 0 Å². The van der Waals surface area contributed by atoms with Gasteiger partial charge in [-0.25, -0.2) is 9.78 Å². The molecule has 4 N–H and O–H groups in total. The normalized spacial score (nSPS) is 21.1. The predicted molar refractivity (Wildman–Crippen MR) is 110 cm³/mol. The number of rotatable bonds is 7. The summed E-state index contributed by atoms with van der Waals surface area (Å²) in [7, 11) is 2.73. The van der Waals surface area contributed by atoms with Gasteiger partial charge in [0.05, 0.1) is 6.61 Å². The summed E-state index contributed by atoms with van der Waals surface area (Å²) in [6.07, 6.45) is 0. The molecule has 11 nitrogen and oxygen atoms in total. The summed E-state index contributed by atoms with van der Waals surface area (Å²) < 4.78 is 5.02. The van der Waals surface area contributed by atoms with Crippen LogP contribution in [0.4, 0.5) is 5.13 Å². The second-order valence-corrected chi connectivity index (χ2v) is 7.74. The first kappa shape index (κ1) is 23.9. The van der Waals surface area contributed by atoms with Crippen LogP contribution in [-0.4, -0.2) is 114 Å². The number of oxime groups is 1. The number of hydrogen-bond donors (Lipinski definition) is 3. The molecule has 2 aliphatic rings. The summed E-state index contributed by atoms with van der Waals surface area (Å²) in [6.45, 7) is 0.109. The third-order valence-electron chi connectivity index (χ3n) is 4.02. The number of ether oxygens (including phenoxy) is 1. The second-order valence-electron chi connectivity index (χ2n) is 5.74. The van der Waals surface area contributed by atoms with Crippen molar-refractivity contribution in [1.82, 2.24) is 15.2 Å². The van der Waals surface area contributed by atoms with E-state index in [4.69, 9.17) is 15.3 Å². The number of carboxylic acid groups (broad SMARTS) is 1. The van der Waals surface area contributed by atoms with Gasteiger partial charge in [0.15, 0.2) is 10.8 Å². The summed E-state index contributed by atoms with van der Waals surface area (Å²) in [5.74, 6) is -2.03. The number of amides is 2. The van der Waals surface area contributed by atoms with Crippen molar-refractivity contribution < 1.29 is 31.9 Å². The molecule has 2 aliphatic heterocycles. The number of aromatic nitrogens is 1. The summed E-state index contributed by atoms with van der Waals surface area (Å²) in [5.41, 5.74) is 6.09. The maximum atomic E-state index is 12.6. The fraction of sp³-hybridized carbons (Fsp3) is 0.400. The largest absolute Gasteiger partial charge is 2.00 e. The number of fused-ring (bicyclic) bond motifs is 1. The molecule has 0 aliphatic carbocycles. The third kappa shape index (κ3) is 4.70. The first-order valence-electron chi connectivity index (χ1n) is 7.91. The molecule has 3 rings (SSSR count). The van der Waals surface area contributed by atoms with Crippen LogP contribution in [0.5, 0.6) is 0 Å². The summed E-state index contributed by atoms with van der Waals surface area (Å²) in [4.78, 5) is 46.7. The van der Waals surface area contributed by atoms with Gasteiger partial charge in [0.25, 0.3) is 11.8 Å². The van der Waals surface area contributed by atoms with Crippen molar-refractivity contribution in [1.29, 1.82) is 0 Å². The van der Waals surface area contributed by atoms with Crippen LogP contribution in [0.15, 0.2) is 21.8 Å². The summed E-state index contributed by atoms with van der Waals surface area (Å²) >= 11 is 2.47. The van der Waals surface area contributed by atoms with E-state index in [1.165, 1.54) is 30.9 Å². The monoisotopic (exact) mass is 469 g/mol. The van der Waals surface area contributed by atoms with Crippen LogP contribution < -0.4 is 11.1 Å². The average Bonchev–Trinajstić information content (AvgIpc) is 3.09. The number of nitrogens with one attached hydrogen (secondary N) is 1. The Hall–Kier alpha value is -1.38. The number of carboxylic acids is 1. The number of aliphatic carboxylic acids is 1. The molecule has 1 saturated heterocycles. The van der Waals surface area contributed by atoms with E-state index in [-0.39, 0.29) is 69.4 Å². The van der Waals surface area contributed by atoms with E-state index in [1.807, 2.05) is 0 Å². The smallest absolute Gasteiger partial charge is 1.00 e. The van der Waals surface area contributed by atoms with E-state index in [9.17, 15) is 19.5 Å². The Balaban J connectivity index is 0.00000300. The zero-order valence-corrected chi connectivity index (χ0v) is 19.4. The number of carbonyl (C=O) groups excluding carboxylic acids is 2. The number of nitrogen functional groups attached to an aromatic ring is 1. The average molecular weight is 470 g/mol. The Morgan fingerprint density at radius 1 is 1.52 bits per heavy atom. The molecule has 0 unspecified atom stereocenters. The number of nitrogens with zero attached hydrogens (tertiary/aromatic N) is 3. The number of hydrogen-bond acceptors (Lipinski definition) is 10. The molecule has 0 radical (unpaired) electrons. The third-order valence-corrected chi connectivity index (χ3v) is 6.03. The molecule has 3 heterocycles. The first-order valence-corrected chi connectivity index (χ1v) is 9.84. The number of nitrogens with two attached hydrogens (primary N) is 1. The molecule has 14 heteroatoms. The Bertz CT molecular complexity index is 899. The van der Waals surface area contributed by atoms with Crippen molar-refractivity contribution in [2.75, 3.05) is 32.3 Å². The van der Waals surface area contributed by atoms with Crippen LogP contribution in [0.3, 0.4) is 0 Å². The van der Waals surface area contributed by atoms with Crippen LogP contribution in [0.2, 0.25) is 0 Å². The quantitative estimate of drug-likeness (QED) is 0.203. The molecule has 2 amide bonds. The summed E-state index contributed by atoms with van der Waals surface area (Å²) in [5, 5.41) is 17.0. The van der Waals surface area contributed by atoms with Gasteiger partial charge < -0.3 is 28.6 Å². The molecular weight excluding hydrogens is 450 g/mol. The molecule has 1 fully saturated rings. The van der Waals surface area contributed by atoms with E-state index < -0.39 is 29.2 Å². The molecule has 0 aromatic carbocycles. The zero-order chi connectivity index (χ0) is 20.4. The van der Waals surface area contributed by atoms with Crippen molar-refractivity contribution in [2.45, 2.75) is 11.4 Å². The molecule has 2 atom stereocenters. The summed E-state index contributed by atoms with van der Waals surface area (Å²) in [6, 6.07) is -0.894. The molecule has 154 valence electrons. The topological polar surface area (TPSA) is 156 Å². The van der Waals surface area contributed by atoms with Crippen LogP contribution in [0, 0.1) is 0 Å². The van der Waals surface area contributed by atoms with Gasteiger partial charge in [-0.15, -0.1) is 23.1 Å². The predicted octanol–water partition coefficient (Wildman–Crippen LogP) is -0.695. The Morgan fingerprint density at radius 2 is 2.24 bits per heavy atom. The van der Waals surface area contributed by atoms with Gasteiger partial charge >= 0.3 is 43.7 Å². The SMILES string of the molecule is COCC1=C(C(=O)O)N2C(=O)[C@@H](NC(=O)/C(=N/OC)c3csc(N)n3)[C@H]2SC1.[Ca+2].[H-].[H-]. The second kappa shape index (κ2) is 10.1. The number of anilines is 1. The number of thioether (sulfide) groups is 1. The van der Waals surface area contributed by atoms with Gasteiger partial charge in [-0.3, -0.25) is 14.5 Å². The van der Waals surface area contributed by atoms with Crippen molar-refractivity contribution in [3.05, 3.63) is 22.3 Å². The Labute approximate surface area is 206 Å². The maximum Gasteiger partial charge on any atom is 2.00 e. The maximum absolute atomic E-state index is 12.6. The zero-order valence-electron chi connectivity index (χ0n) is 17.6. The molecule has 1 aromatic rings. The van der Waals surface area contributed by atoms with Gasteiger partial charge in [0.2, 0.25) is 0 Å². The van der Waals surface area contributed by atoms with Crippen molar-refractivity contribution >= 4 is 89.5 Å². The standard InChI is InChI=1S/C15H17N5O6S2.Ca.2H/c1-25-3-6-4-27-13-9(12(22)20(13)10(6)14(23)24)18-11(21)8(19-26-2)7-5-28-15(16)17-7;;;/h5,9,13H,3-4H2,1-2H3,(H2,16,17)(H,18,21)(H,23,24);;;/q;+2;2*-1/b19-8+;;;/t9-,13-;;;/m1.../s1. The number of carbonyl (C=O) groups is 3. The fourth-order valence-corrected chi connectivity index (χ4v) is 4.75. The van der Waals surface area contributed by atoms with Crippen LogP contribution >= 0.6 is 23.1 Å². The van der Waals surface area contributed by atoms with E-state index in [2.05, 4.69) is 15.5 Å². The van der Waals surface area contributed by atoms with E-state index in [0.29, 0.717) is 11.3 Å². The molecular formula is C15H19CaN5O6S2. The van der Waals surface area contributed by atoms with Crippen molar-refractivity contribution in [2.24, 2.45) is 5.16 Å². The minimum atomic E-state index is -1.21. The van der Waals surface area contributed by atoms with Crippen LogP contribution in [-0.2, 0) is 24.0 Å². The van der Waals surface area contributed by atoms with E-state index in [0.717, 1.165) is 11.3 Å². The van der Waals surface area contributed by atoms with Crippen molar-refractivity contribution in [3.8, 4) is 0 Å². The molecule has 29 heavy (non-hydrogen) atoms. The van der Waals surface area contributed by atoms with Gasteiger partial charge in [0, 0.05) is 18.2 Å². The first-order chi connectivity index (χ1) is 13.4.